The van der Waals surface area contributed by atoms with Gasteiger partial charge in [0.2, 0.25) is 0 Å². The minimum Gasteiger partial charge on any atom is -0.476 e. The van der Waals surface area contributed by atoms with Crippen LogP contribution in [0.2, 0.25) is 0 Å². The molecule has 0 saturated heterocycles. The molecule has 0 aliphatic carbocycles. The van der Waals surface area contributed by atoms with Crippen LogP contribution in [0.3, 0.4) is 0 Å². The monoisotopic (exact) mass is 241 g/mol. The number of hydrogen-bond acceptors (Lipinski definition) is 3. The zero-order chi connectivity index (χ0) is 9.42. The topological polar surface area (TPSA) is 67.5 Å². The van der Waals surface area contributed by atoms with E-state index in [1.165, 1.54) is 6.20 Å². The van der Waals surface area contributed by atoms with E-state index in [1.807, 2.05) is 0 Å². The Morgan fingerprint density at radius 3 is 3.08 bits per heavy atom. The van der Waals surface area contributed by atoms with Crippen LogP contribution >= 0.6 is 15.9 Å². The second kappa shape index (κ2) is 2.81. The Labute approximate surface area is 81.2 Å². The fraction of sp³-hybridized carbons (Fsp3) is 0. The highest BCUT2D eigenvalue weighted by Gasteiger charge is 2.12. The van der Waals surface area contributed by atoms with Gasteiger partial charge in [0.05, 0.1) is 0 Å². The second-order valence-electron chi connectivity index (χ2n) is 2.38. The SMILES string of the molecule is O=C(O)c1nccn2cc(Br)nc12. The van der Waals surface area contributed by atoms with E-state index in [2.05, 4.69) is 25.9 Å². The van der Waals surface area contributed by atoms with Crippen LogP contribution in [0.15, 0.2) is 23.2 Å². The average Bonchev–Trinajstić information content (AvgIpc) is 2.43. The summed E-state index contributed by atoms with van der Waals surface area (Å²) in [5.74, 6) is -1.08. The van der Waals surface area contributed by atoms with Gasteiger partial charge in [-0.25, -0.2) is 14.8 Å². The van der Waals surface area contributed by atoms with Crippen molar-refractivity contribution >= 4 is 27.5 Å². The van der Waals surface area contributed by atoms with Gasteiger partial charge in [0.25, 0.3) is 0 Å². The molecule has 2 aromatic rings. The van der Waals surface area contributed by atoms with Crippen LogP contribution in [0.1, 0.15) is 10.5 Å². The molecule has 0 fully saturated rings. The van der Waals surface area contributed by atoms with E-state index in [4.69, 9.17) is 5.11 Å². The van der Waals surface area contributed by atoms with Crippen molar-refractivity contribution in [2.75, 3.05) is 0 Å². The predicted molar refractivity (Wildman–Crippen MR) is 47.6 cm³/mol. The zero-order valence-corrected chi connectivity index (χ0v) is 7.89. The van der Waals surface area contributed by atoms with Crippen LogP contribution < -0.4 is 0 Å². The molecule has 0 saturated carbocycles. The number of carboxylic acid groups (broad SMARTS) is 1. The zero-order valence-electron chi connectivity index (χ0n) is 6.31. The van der Waals surface area contributed by atoms with E-state index in [1.54, 1.807) is 16.8 Å². The molecule has 0 atom stereocenters. The highest BCUT2D eigenvalue weighted by molar-refractivity contribution is 9.10. The highest BCUT2D eigenvalue weighted by Crippen LogP contribution is 2.12. The smallest absolute Gasteiger partial charge is 0.358 e. The van der Waals surface area contributed by atoms with Crippen LogP contribution in [-0.2, 0) is 0 Å². The van der Waals surface area contributed by atoms with Gasteiger partial charge >= 0.3 is 5.97 Å². The van der Waals surface area contributed by atoms with Crippen molar-refractivity contribution in [2.45, 2.75) is 0 Å². The number of imidazole rings is 1. The van der Waals surface area contributed by atoms with Crippen molar-refractivity contribution in [3.8, 4) is 0 Å². The maximum atomic E-state index is 10.7. The molecule has 66 valence electrons. The number of aromatic carboxylic acids is 1. The van der Waals surface area contributed by atoms with Crippen molar-refractivity contribution in [1.82, 2.24) is 14.4 Å². The molecular weight excluding hydrogens is 238 g/mol. The predicted octanol–water partition coefficient (Wildman–Crippen LogP) is 1.19. The third-order valence-electron chi connectivity index (χ3n) is 1.55. The number of carbonyl (C=O) groups is 1. The maximum absolute atomic E-state index is 10.7. The molecule has 1 N–H and O–H groups in total. The summed E-state index contributed by atoms with van der Waals surface area (Å²) < 4.78 is 2.18. The molecule has 0 spiro atoms. The summed E-state index contributed by atoms with van der Waals surface area (Å²) >= 11 is 3.16. The van der Waals surface area contributed by atoms with Crippen molar-refractivity contribution in [3.05, 3.63) is 28.9 Å². The van der Waals surface area contributed by atoms with E-state index in [9.17, 15) is 4.79 Å². The number of hydrogen-bond donors (Lipinski definition) is 1. The summed E-state index contributed by atoms with van der Waals surface area (Å²) in [5.41, 5.74) is 0.287. The first kappa shape index (κ1) is 8.18. The molecule has 2 rings (SSSR count). The standard InChI is InChI=1S/C7H4BrN3O2/c8-4-3-11-2-1-9-5(7(12)13)6(11)10-4/h1-3H,(H,12,13). The Balaban J connectivity index is 2.82. The molecule has 0 unspecified atom stereocenters. The van der Waals surface area contributed by atoms with Crippen LogP contribution in [0.4, 0.5) is 0 Å². The number of nitrogens with zero attached hydrogens (tertiary/aromatic N) is 3. The lowest BCUT2D eigenvalue weighted by molar-refractivity contribution is 0.0692. The largest absolute Gasteiger partial charge is 0.476 e. The molecule has 13 heavy (non-hydrogen) atoms. The van der Waals surface area contributed by atoms with Crippen molar-refractivity contribution < 1.29 is 9.90 Å². The van der Waals surface area contributed by atoms with Crippen LogP contribution in [-0.4, -0.2) is 25.4 Å². The first-order valence-corrected chi connectivity index (χ1v) is 4.20. The molecule has 2 aromatic heterocycles. The molecule has 0 amide bonds. The number of fused-ring (bicyclic) bond motifs is 1. The minimum absolute atomic E-state index is 0.0480. The molecular formula is C7H4BrN3O2. The number of halogens is 1. The lowest BCUT2D eigenvalue weighted by Gasteiger charge is -1.94. The summed E-state index contributed by atoms with van der Waals surface area (Å²) in [6.45, 7) is 0. The normalized spacial score (nSPS) is 10.5. The lowest BCUT2D eigenvalue weighted by Crippen LogP contribution is -2.03. The quantitative estimate of drug-likeness (QED) is 0.815. The summed E-state index contributed by atoms with van der Waals surface area (Å²) in [4.78, 5) is 18.4. The molecule has 0 bridgehead atoms. The van der Waals surface area contributed by atoms with Crippen LogP contribution in [0, 0.1) is 0 Å². The first-order valence-electron chi connectivity index (χ1n) is 3.41. The summed E-state index contributed by atoms with van der Waals surface area (Å²) in [6.07, 6.45) is 4.73. The number of carboxylic acids is 1. The van der Waals surface area contributed by atoms with Crippen molar-refractivity contribution in [3.63, 3.8) is 0 Å². The summed E-state index contributed by atoms with van der Waals surface area (Å²) in [6, 6.07) is 0. The lowest BCUT2D eigenvalue weighted by atomic mass is 10.4. The molecule has 0 aromatic carbocycles. The van der Waals surface area contributed by atoms with Crippen molar-refractivity contribution in [2.24, 2.45) is 0 Å². The maximum Gasteiger partial charge on any atom is 0.358 e. The third kappa shape index (κ3) is 1.29. The first-order chi connectivity index (χ1) is 6.18. The Kier molecular flexibility index (Phi) is 1.77. The van der Waals surface area contributed by atoms with Gasteiger partial charge in [-0.1, -0.05) is 0 Å². The van der Waals surface area contributed by atoms with E-state index >= 15 is 0 Å². The Morgan fingerprint density at radius 1 is 1.62 bits per heavy atom. The summed E-state index contributed by atoms with van der Waals surface area (Å²) in [7, 11) is 0. The van der Waals surface area contributed by atoms with E-state index < -0.39 is 5.97 Å². The highest BCUT2D eigenvalue weighted by atomic mass is 79.9. The van der Waals surface area contributed by atoms with Gasteiger partial charge in [0.15, 0.2) is 11.3 Å². The molecule has 5 nitrogen and oxygen atoms in total. The Bertz CT molecular complexity index is 480. The number of aromatic nitrogens is 3. The van der Waals surface area contributed by atoms with E-state index in [0.29, 0.717) is 10.3 Å². The van der Waals surface area contributed by atoms with Crippen LogP contribution in [0.25, 0.3) is 5.65 Å². The molecule has 0 aliphatic rings. The molecule has 0 radical (unpaired) electrons. The second-order valence-corrected chi connectivity index (χ2v) is 3.19. The van der Waals surface area contributed by atoms with Crippen LogP contribution in [0.5, 0.6) is 0 Å². The number of rotatable bonds is 1. The fourth-order valence-corrected chi connectivity index (χ4v) is 1.43. The van der Waals surface area contributed by atoms with Gasteiger partial charge in [-0.3, -0.25) is 0 Å². The van der Waals surface area contributed by atoms with Gasteiger partial charge in [0, 0.05) is 18.6 Å². The van der Waals surface area contributed by atoms with Gasteiger partial charge in [0.1, 0.15) is 4.60 Å². The third-order valence-corrected chi connectivity index (χ3v) is 1.93. The van der Waals surface area contributed by atoms with Crippen molar-refractivity contribution in [1.29, 1.82) is 0 Å². The molecule has 0 aliphatic heterocycles. The average molecular weight is 242 g/mol. The van der Waals surface area contributed by atoms with Gasteiger partial charge in [-0.15, -0.1) is 0 Å². The van der Waals surface area contributed by atoms with Gasteiger partial charge in [-0.05, 0) is 15.9 Å². The van der Waals surface area contributed by atoms with Gasteiger partial charge in [-0.2, -0.15) is 0 Å². The molecule has 6 heteroatoms. The molecule has 2 heterocycles. The van der Waals surface area contributed by atoms with E-state index in [-0.39, 0.29) is 5.69 Å². The minimum atomic E-state index is -1.08. The summed E-state index contributed by atoms with van der Waals surface area (Å²) in [5, 5.41) is 8.76. The Hall–Kier alpha value is -1.43. The van der Waals surface area contributed by atoms with E-state index in [0.717, 1.165) is 0 Å². The fourth-order valence-electron chi connectivity index (χ4n) is 1.04. The Morgan fingerprint density at radius 2 is 2.38 bits per heavy atom. The van der Waals surface area contributed by atoms with Gasteiger partial charge < -0.3 is 9.51 Å².